The van der Waals surface area contributed by atoms with Crippen molar-refractivity contribution >= 4 is 23.6 Å². The second-order valence-electron chi connectivity index (χ2n) is 6.39. The molecule has 1 aromatic carbocycles. The van der Waals surface area contributed by atoms with Crippen molar-refractivity contribution in [2.45, 2.75) is 49.5 Å². The van der Waals surface area contributed by atoms with Crippen LogP contribution in [0, 0.1) is 0 Å². The molecule has 0 bridgehead atoms. The van der Waals surface area contributed by atoms with Gasteiger partial charge in [0.15, 0.2) is 5.69 Å². The van der Waals surface area contributed by atoms with E-state index in [1.807, 2.05) is 30.5 Å². The van der Waals surface area contributed by atoms with Crippen LogP contribution < -0.4 is 5.32 Å². The van der Waals surface area contributed by atoms with E-state index in [2.05, 4.69) is 10.5 Å². The second-order valence-corrected chi connectivity index (χ2v) is 7.27. The number of hydrogen-bond acceptors (Lipinski definition) is 5. The first-order chi connectivity index (χ1) is 12.6. The van der Waals surface area contributed by atoms with E-state index in [1.54, 1.807) is 11.8 Å². The van der Waals surface area contributed by atoms with Gasteiger partial charge < -0.3 is 14.9 Å². The second kappa shape index (κ2) is 8.40. The first-order valence-electron chi connectivity index (χ1n) is 8.72. The average Bonchev–Trinajstić information content (AvgIpc) is 2.89. The summed E-state index contributed by atoms with van der Waals surface area (Å²) in [5, 5.41) is 16.0. The number of carbonyl (C=O) groups is 2. The highest BCUT2D eigenvalue weighted by molar-refractivity contribution is 7.98. The molecule has 6 nitrogen and oxygen atoms in total. The van der Waals surface area contributed by atoms with E-state index in [9.17, 15) is 14.7 Å². The molecule has 138 valence electrons. The van der Waals surface area contributed by atoms with Crippen molar-refractivity contribution in [1.29, 1.82) is 0 Å². The standard InChI is InChI=1S/C19H22N2O4S/c1-26-13-9-7-12(8-10-13)15(11-17(22)23)20-19(24)18-14-5-3-2-4-6-16(14)25-21-18/h7-10,15H,2-6,11H2,1H3,(H,20,24)(H,22,23). The third-order valence-corrected chi connectivity index (χ3v) is 5.36. The van der Waals surface area contributed by atoms with Crippen LogP contribution in [-0.2, 0) is 17.6 Å². The summed E-state index contributed by atoms with van der Waals surface area (Å²) in [7, 11) is 0. The molecule has 1 heterocycles. The highest BCUT2D eigenvalue weighted by Gasteiger charge is 2.26. The van der Waals surface area contributed by atoms with Gasteiger partial charge in [0, 0.05) is 16.9 Å². The van der Waals surface area contributed by atoms with Crippen LogP contribution >= 0.6 is 11.8 Å². The van der Waals surface area contributed by atoms with Gasteiger partial charge in [0.25, 0.3) is 5.91 Å². The number of nitrogens with zero attached hydrogens (tertiary/aromatic N) is 1. The number of amides is 1. The third kappa shape index (κ3) is 4.27. The Morgan fingerprint density at radius 3 is 2.65 bits per heavy atom. The van der Waals surface area contributed by atoms with E-state index in [4.69, 9.17) is 4.52 Å². The normalized spacial score (nSPS) is 15.0. The zero-order chi connectivity index (χ0) is 18.5. The van der Waals surface area contributed by atoms with Crippen molar-refractivity contribution < 1.29 is 19.2 Å². The summed E-state index contributed by atoms with van der Waals surface area (Å²) in [6.45, 7) is 0. The lowest BCUT2D eigenvalue weighted by molar-refractivity contribution is -0.137. The first kappa shape index (κ1) is 18.5. The molecule has 1 amide bonds. The largest absolute Gasteiger partial charge is 0.481 e. The van der Waals surface area contributed by atoms with Crippen LogP contribution in [-0.4, -0.2) is 28.4 Å². The van der Waals surface area contributed by atoms with Crippen molar-refractivity contribution in [3.63, 3.8) is 0 Å². The maximum Gasteiger partial charge on any atom is 0.305 e. The van der Waals surface area contributed by atoms with Gasteiger partial charge in [-0.3, -0.25) is 9.59 Å². The maximum absolute atomic E-state index is 12.7. The number of benzene rings is 1. The summed E-state index contributed by atoms with van der Waals surface area (Å²) in [5.41, 5.74) is 1.91. The molecule has 7 heteroatoms. The molecular formula is C19H22N2O4S. The van der Waals surface area contributed by atoms with E-state index in [-0.39, 0.29) is 18.0 Å². The predicted molar refractivity (Wildman–Crippen MR) is 98.4 cm³/mol. The van der Waals surface area contributed by atoms with Crippen molar-refractivity contribution in [3.8, 4) is 0 Å². The molecule has 1 aliphatic carbocycles. The van der Waals surface area contributed by atoms with Gasteiger partial charge in [0.2, 0.25) is 0 Å². The number of aromatic nitrogens is 1. The van der Waals surface area contributed by atoms with Gasteiger partial charge in [-0.15, -0.1) is 11.8 Å². The molecule has 3 rings (SSSR count). The molecule has 2 N–H and O–H groups in total. The highest BCUT2D eigenvalue weighted by atomic mass is 32.2. The molecule has 1 atom stereocenters. The van der Waals surface area contributed by atoms with Crippen LogP contribution in [0.25, 0.3) is 0 Å². The number of fused-ring (bicyclic) bond motifs is 1. The third-order valence-electron chi connectivity index (χ3n) is 4.62. The summed E-state index contributed by atoms with van der Waals surface area (Å²) in [4.78, 5) is 25.1. The average molecular weight is 374 g/mol. The first-order valence-corrected chi connectivity index (χ1v) is 9.95. The Morgan fingerprint density at radius 1 is 1.23 bits per heavy atom. The molecule has 0 spiro atoms. The van der Waals surface area contributed by atoms with Gasteiger partial charge in [0.05, 0.1) is 12.5 Å². The fourth-order valence-corrected chi connectivity index (χ4v) is 3.64. The Labute approximate surface area is 156 Å². The van der Waals surface area contributed by atoms with Gasteiger partial charge in [-0.25, -0.2) is 0 Å². The number of carbonyl (C=O) groups excluding carboxylic acids is 1. The van der Waals surface area contributed by atoms with Gasteiger partial charge in [-0.2, -0.15) is 0 Å². The monoisotopic (exact) mass is 374 g/mol. The molecule has 0 saturated heterocycles. The van der Waals surface area contributed by atoms with Crippen LogP contribution in [0.2, 0.25) is 0 Å². The number of carboxylic acids is 1. The fourth-order valence-electron chi connectivity index (χ4n) is 3.23. The zero-order valence-electron chi connectivity index (χ0n) is 14.7. The fraction of sp³-hybridized carbons (Fsp3) is 0.421. The summed E-state index contributed by atoms with van der Waals surface area (Å²) in [6, 6.07) is 6.92. The molecule has 2 aromatic rings. The lowest BCUT2D eigenvalue weighted by Crippen LogP contribution is -2.31. The smallest absolute Gasteiger partial charge is 0.305 e. The van der Waals surface area contributed by atoms with Crippen LogP contribution in [0.5, 0.6) is 0 Å². The van der Waals surface area contributed by atoms with Gasteiger partial charge in [-0.1, -0.05) is 23.7 Å². The molecule has 0 fully saturated rings. The number of carboxylic acid groups (broad SMARTS) is 1. The van der Waals surface area contributed by atoms with Crippen LogP contribution in [0.4, 0.5) is 0 Å². The van der Waals surface area contributed by atoms with Crippen LogP contribution in [0.15, 0.2) is 33.7 Å². The Balaban J connectivity index is 1.81. The quantitative estimate of drug-likeness (QED) is 0.593. The number of nitrogens with one attached hydrogen (secondary N) is 1. The Kier molecular flexibility index (Phi) is 5.98. The minimum absolute atomic E-state index is 0.190. The van der Waals surface area contributed by atoms with E-state index >= 15 is 0 Å². The Bertz CT molecular complexity index is 785. The lowest BCUT2D eigenvalue weighted by Gasteiger charge is -2.17. The predicted octanol–water partition coefficient (Wildman–Crippen LogP) is 3.61. The number of hydrogen-bond donors (Lipinski definition) is 2. The zero-order valence-corrected chi connectivity index (χ0v) is 15.5. The highest BCUT2D eigenvalue weighted by Crippen LogP contribution is 2.25. The molecular weight excluding hydrogens is 352 g/mol. The van der Waals surface area contributed by atoms with Gasteiger partial charge in [-0.05, 0) is 43.2 Å². The van der Waals surface area contributed by atoms with Crippen molar-refractivity contribution in [2.24, 2.45) is 0 Å². The van der Waals surface area contributed by atoms with E-state index < -0.39 is 12.0 Å². The SMILES string of the molecule is CSc1ccc(C(CC(=O)O)NC(=O)c2noc3c2CCCCC3)cc1. The van der Waals surface area contributed by atoms with Crippen molar-refractivity contribution in [3.05, 3.63) is 46.8 Å². The Hall–Kier alpha value is -2.28. The minimum atomic E-state index is -0.969. The lowest BCUT2D eigenvalue weighted by atomic mass is 10.0. The number of aliphatic carboxylic acids is 1. The molecule has 0 aliphatic heterocycles. The summed E-state index contributed by atoms with van der Waals surface area (Å²) in [5.74, 6) is -0.563. The summed E-state index contributed by atoms with van der Waals surface area (Å²) < 4.78 is 5.36. The van der Waals surface area contributed by atoms with Crippen molar-refractivity contribution in [2.75, 3.05) is 6.26 Å². The molecule has 0 saturated carbocycles. The minimum Gasteiger partial charge on any atom is -0.481 e. The summed E-state index contributed by atoms with van der Waals surface area (Å²) >= 11 is 1.61. The topological polar surface area (TPSA) is 92.4 Å². The summed E-state index contributed by atoms with van der Waals surface area (Å²) in [6.07, 6.45) is 6.49. The van der Waals surface area contributed by atoms with Crippen molar-refractivity contribution in [1.82, 2.24) is 10.5 Å². The molecule has 1 unspecified atom stereocenters. The van der Waals surface area contributed by atoms with Crippen LogP contribution in [0.1, 0.15) is 59.1 Å². The molecule has 26 heavy (non-hydrogen) atoms. The van der Waals surface area contributed by atoms with Gasteiger partial charge >= 0.3 is 5.97 Å². The maximum atomic E-state index is 12.7. The van der Waals surface area contributed by atoms with Gasteiger partial charge in [0.1, 0.15) is 5.76 Å². The van der Waals surface area contributed by atoms with E-state index in [0.717, 1.165) is 53.9 Å². The van der Waals surface area contributed by atoms with Crippen LogP contribution in [0.3, 0.4) is 0 Å². The van der Waals surface area contributed by atoms with E-state index in [1.165, 1.54) is 0 Å². The Morgan fingerprint density at radius 2 is 1.96 bits per heavy atom. The van der Waals surface area contributed by atoms with E-state index in [0.29, 0.717) is 0 Å². The molecule has 1 aromatic heterocycles. The number of thioether (sulfide) groups is 1. The number of aryl methyl sites for hydroxylation is 1. The molecule has 0 radical (unpaired) electrons. The number of rotatable bonds is 6. The molecule has 1 aliphatic rings.